The maximum absolute atomic E-state index is 9.03. The van der Waals surface area contributed by atoms with Gasteiger partial charge in [-0.15, -0.1) is 0 Å². The Labute approximate surface area is 88.6 Å². The molecular formula is C14H9N. The van der Waals surface area contributed by atoms with Crippen LogP contribution < -0.4 is 0 Å². The minimum atomic E-state index is 0.809. The standard InChI is InChI=1S/C14H9N/c15-9-11-5-3-7-13-12-6-2-1-4-10(12)8-14(11)13/h1-7H,8H2. The summed E-state index contributed by atoms with van der Waals surface area (Å²) in [5, 5.41) is 9.03. The Morgan fingerprint density at radius 3 is 2.60 bits per heavy atom. The largest absolute Gasteiger partial charge is 0.192 e. The fraction of sp³-hybridized carbons (Fsp3) is 0.0714. The molecule has 3 rings (SSSR count). The summed E-state index contributed by atoms with van der Waals surface area (Å²) in [4.78, 5) is 0. The molecule has 0 atom stereocenters. The highest BCUT2D eigenvalue weighted by Crippen LogP contribution is 2.37. The zero-order valence-corrected chi connectivity index (χ0v) is 8.20. The molecule has 0 spiro atoms. The molecule has 2 aromatic rings. The van der Waals surface area contributed by atoms with Gasteiger partial charge in [0.15, 0.2) is 0 Å². The Morgan fingerprint density at radius 1 is 0.933 bits per heavy atom. The summed E-state index contributed by atoms with van der Waals surface area (Å²) >= 11 is 0. The number of rotatable bonds is 0. The van der Waals surface area contributed by atoms with Gasteiger partial charge in [0.05, 0.1) is 11.6 Å². The predicted octanol–water partition coefficient (Wildman–Crippen LogP) is 3.13. The van der Waals surface area contributed by atoms with Crippen LogP contribution in [0.2, 0.25) is 0 Å². The van der Waals surface area contributed by atoms with Crippen molar-refractivity contribution in [3.8, 4) is 17.2 Å². The zero-order chi connectivity index (χ0) is 10.3. The Morgan fingerprint density at radius 2 is 1.73 bits per heavy atom. The van der Waals surface area contributed by atoms with Crippen molar-refractivity contribution in [2.24, 2.45) is 0 Å². The normalized spacial score (nSPS) is 11.7. The first-order valence-electron chi connectivity index (χ1n) is 5.00. The van der Waals surface area contributed by atoms with E-state index in [1.165, 1.54) is 22.3 Å². The van der Waals surface area contributed by atoms with Crippen molar-refractivity contribution in [2.75, 3.05) is 0 Å². The number of fused-ring (bicyclic) bond motifs is 3. The van der Waals surface area contributed by atoms with Crippen LogP contribution in [0.15, 0.2) is 42.5 Å². The summed E-state index contributed by atoms with van der Waals surface area (Å²) in [7, 11) is 0. The third-order valence-corrected chi connectivity index (χ3v) is 2.97. The van der Waals surface area contributed by atoms with Crippen molar-refractivity contribution in [3.05, 3.63) is 59.2 Å². The fourth-order valence-electron chi connectivity index (χ4n) is 2.26. The van der Waals surface area contributed by atoms with Gasteiger partial charge in [-0.2, -0.15) is 5.26 Å². The Hall–Kier alpha value is -2.07. The summed E-state index contributed by atoms with van der Waals surface area (Å²) in [5.74, 6) is 0. The Balaban J connectivity index is 2.32. The first-order chi connectivity index (χ1) is 7.40. The second-order valence-electron chi connectivity index (χ2n) is 3.78. The van der Waals surface area contributed by atoms with E-state index >= 15 is 0 Å². The monoisotopic (exact) mass is 191 g/mol. The molecule has 0 saturated carbocycles. The van der Waals surface area contributed by atoms with Gasteiger partial charge in [0, 0.05) is 0 Å². The van der Waals surface area contributed by atoms with Crippen molar-refractivity contribution in [2.45, 2.75) is 6.42 Å². The van der Waals surface area contributed by atoms with Crippen LogP contribution in [0.5, 0.6) is 0 Å². The van der Waals surface area contributed by atoms with Crippen LogP contribution in [0.1, 0.15) is 16.7 Å². The predicted molar refractivity (Wildman–Crippen MR) is 59.4 cm³/mol. The third kappa shape index (κ3) is 1.08. The van der Waals surface area contributed by atoms with E-state index in [0.29, 0.717) is 0 Å². The fourth-order valence-corrected chi connectivity index (χ4v) is 2.26. The van der Waals surface area contributed by atoms with Crippen molar-refractivity contribution in [1.29, 1.82) is 5.26 Å². The highest BCUT2D eigenvalue weighted by Gasteiger charge is 2.19. The highest BCUT2D eigenvalue weighted by molar-refractivity contribution is 5.78. The SMILES string of the molecule is N#Cc1cccc2c1Cc1ccccc1-2. The molecular weight excluding hydrogens is 182 g/mol. The van der Waals surface area contributed by atoms with Gasteiger partial charge in [0.2, 0.25) is 0 Å². The lowest BCUT2D eigenvalue weighted by molar-refractivity contribution is 1.24. The summed E-state index contributed by atoms with van der Waals surface area (Å²) in [6, 6.07) is 16.6. The molecule has 1 heteroatoms. The molecule has 1 nitrogen and oxygen atoms in total. The average molecular weight is 191 g/mol. The first-order valence-corrected chi connectivity index (χ1v) is 5.00. The van der Waals surface area contributed by atoms with E-state index in [9.17, 15) is 0 Å². The molecule has 2 aromatic carbocycles. The lowest BCUT2D eigenvalue weighted by Crippen LogP contribution is -1.86. The number of nitrogens with zero attached hydrogens (tertiary/aromatic N) is 1. The van der Waals surface area contributed by atoms with E-state index in [2.05, 4.69) is 30.3 Å². The van der Waals surface area contributed by atoms with E-state index in [4.69, 9.17) is 5.26 Å². The molecule has 0 radical (unpaired) electrons. The molecule has 0 unspecified atom stereocenters. The van der Waals surface area contributed by atoms with E-state index in [-0.39, 0.29) is 0 Å². The van der Waals surface area contributed by atoms with Crippen LogP contribution in [0.25, 0.3) is 11.1 Å². The second-order valence-corrected chi connectivity index (χ2v) is 3.78. The minimum absolute atomic E-state index is 0.809. The molecule has 0 bridgehead atoms. The number of nitriles is 1. The van der Waals surface area contributed by atoms with E-state index < -0.39 is 0 Å². The van der Waals surface area contributed by atoms with Gasteiger partial charge in [0.25, 0.3) is 0 Å². The molecule has 0 aliphatic heterocycles. The molecule has 0 heterocycles. The third-order valence-electron chi connectivity index (χ3n) is 2.97. The van der Waals surface area contributed by atoms with Crippen LogP contribution in [0.4, 0.5) is 0 Å². The zero-order valence-electron chi connectivity index (χ0n) is 8.20. The van der Waals surface area contributed by atoms with Crippen molar-refractivity contribution in [1.82, 2.24) is 0 Å². The summed E-state index contributed by atoms with van der Waals surface area (Å²) in [5.41, 5.74) is 5.83. The van der Waals surface area contributed by atoms with Crippen LogP contribution in [-0.2, 0) is 6.42 Å². The number of benzene rings is 2. The molecule has 1 aliphatic carbocycles. The van der Waals surface area contributed by atoms with Crippen LogP contribution >= 0.6 is 0 Å². The first kappa shape index (κ1) is 8.26. The molecule has 70 valence electrons. The topological polar surface area (TPSA) is 23.8 Å². The van der Waals surface area contributed by atoms with Crippen molar-refractivity contribution < 1.29 is 0 Å². The molecule has 15 heavy (non-hydrogen) atoms. The average Bonchev–Trinajstić information content (AvgIpc) is 2.67. The van der Waals surface area contributed by atoms with Gasteiger partial charge < -0.3 is 0 Å². The molecule has 1 aliphatic rings. The lowest BCUT2D eigenvalue weighted by Gasteiger charge is -2.00. The van der Waals surface area contributed by atoms with Crippen LogP contribution in [-0.4, -0.2) is 0 Å². The molecule has 0 aromatic heterocycles. The maximum atomic E-state index is 9.03. The van der Waals surface area contributed by atoms with Crippen molar-refractivity contribution >= 4 is 0 Å². The van der Waals surface area contributed by atoms with Gasteiger partial charge in [-0.1, -0.05) is 36.4 Å². The van der Waals surface area contributed by atoms with E-state index in [1.54, 1.807) is 0 Å². The van der Waals surface area contributed by atoms with E-state index in [1.807, 2.05) is 18.2 Å². The van der Waals surface area contributed by atoms with Gasteiger partial charge in [-0.25, -0.2) is 0 Å². The lowest BCUT2D eigenvalue weighted by atomic mass is 10.0. The van der Waals surface area contributed by atoms with Gasteiger partial charge in [-0.05, 0) is 34.7 Å². The van der Waals surface area contributed by atoms with Crippen LogP contribution in [0, 0.1) is 11.3 Å². The number of hydrogen-bond acceptors (Lipinski definition) is 1. The molecule has 0 N–H and O–H groups in total. The second kappa shape index (κ2) is 2.96. The molecule has 0 fully saturated rings. The smallest absolute Gasteiger partial charge is 0.0994 e. The number of hydrogen-bond donors (Lipinski definition) is 0. The van der Waals surface area contributed by atoms with Gasteiger partial charge >= 0.3 is 0 Å². The minimum Gasteiger partial charge on any atom is -0.192 e. The van der Waals surface area contributed by atoms with Crippen molar-refractivity contribution in [3.63, 3.8) is 0 Å². The molecule has 0 saturated heterocycles. The van der Waals surface area contributed by atoms with Gasteiger partial charge in [-0.3, -0.25) is 0 Å². The Bertz CT molecular complexity index is 576. The highest BCUT2D eigenvalue weighted by atomic mass is 14.3. The summed E-state index contributed by atoms with van der Waals surface area (Å²) in [6.45, 7) is 0. The van der Waals surface area contributed by atoms with E-state index in [0.717, 1.165) is 12.0 Å². The van der Waals surface area contributed by atoms with Gasteiger partial charge in [0.1, 0.15) is 0 Å². The quantitative estimate of drug-likeness (QED) is 0.535. The molecule has 0 amide bonds. The Kier molecular flexibility index (Phi) is 1.63. The maximum Gasteiger partial charge on any atom is 0.0994 e. The van der Waals surface area contributed by atoms with Crippen LogP contribution in [0.3, 0.4) is 0 Å². The summed E-state index contributed by atoms with van der Waals surface area (Å²) in [6.07, 6.45) is 0.898. The summed E-state index contributed by atoms with van der Waals surface area (Å²) < 4.78 is 0.